The summed E-state index contributed by atoms with van der Waals surface area (Å²) in [5.74, 6) is -1.91. The van der Waals surface area contributed by atoms with Crippen molar-refractivity contribution in [2.24, 2.45) is 0 Å². The van der Waals surface area contributed by atoms with E-state index in [1.54, 1.807) is 46.1 Å². The molecule has 1 N–H and O–H groups in total. The molecule has 0 atom stereocenters. The Morgan fingerprint density at radius 1 is 1.03 bits per heavy atom. The van der Waals surface area contributed by atoms with Gasteiger partial charge in [-0.05, 0) is 36.4 Å². The minimum Gasteiger partial charge on any atom is -0.345 e. The van der Waals surface area contributed by atoms with Crippen molar-refractivity contribution in [2.45, 2.75) is 18.7 Å². The molecule has 2 aromatic carbocycles. The van der Waals surface area contributed by atoms with Crippen molar-refractivity contribution in [3.05, 3.63) is 59.4 Å². The highest BCUT2D eigenvalue weighted by Gasteiger charge is 2.24. The Labute approximate surface area is 170 Å². The van der Waals surface area contributed by atoms with Crippen LogP contribution in [0.5, 0.6) is 0 Å². The van der Waals surface area contributed by atoms with Crippen molar-refractivity contribution in [1.82, 2.24) is 9.21 Å². The largest absolute Gasteiger partial charge is 0.345 e. The van der Waals surface area contributed by atoms with Gasteiger partial charge in [0.25, 0.3) is 11.8 Å². The lowest BCUT2D eigenvalue weighted by molar-refractivity contribution is 0.0827. The second kappa shape index (κ2) is 9.15. The topological polar surface area (TPSA) is 86.8 Å². The van der Waals surface area contributed by atoms with Crippen LogP contribution in [0.2, 0.25) is 0 Å². The molecule has 9 heteroatoms. The van der Waals surface area contributed by atoms with Gasteiger partial charge in [-0.2, -0.15) is 4.31 Å². The molecule has 0 radical (unpaired) electrons. The average Bonchev–Trinajstić information content (AvgIpc) is 2.68. The molecule has 0 heterocycles. The highest BCUT2D eigenvalue weighted by atomic mass is 32.2. The maximum atomic E-state index is 14.3. The third-order valence-corrected chi connectivity index (χ3v) is 6.35. The second-order valence-electron chi connectivity index (χ2n) is 6.47. The highest BCUT2D eigenvalue weighted by Crippen LogP contribution is 2.21. The first kappa shape index (κ1) is 22.5. The third kappa shape index (κ3) is 4.99. The number of rotatable bonds is 7. The van der Waals surface area contributed by atoms with Crippen LogP contribution in [-0.2, 0) is 10.0 Å². The van der Waals surface area contributed by atoms with Crippen LogP contribution in [0, 0.1) is 5.82 Å². The van der Waals surface area contributed by atoms with Crippen LogP contribution in [-0.4, -0.2) is 56.6 Å². The van der Waals surface area contributed by atoms with Crippen molar-refractivity contribution in [1.29, 1.82) is 0 Å². The Bertz CT molecular complexity index is 1020. The van der Waals surface area contributed by atoms with Crippen LogP contribution in [0.15, 0.2) is 47.4 Å². The van der Waals surface area contributed by atoms with Crippen molar-refractivity contribution < 1.29 is 22.4 Å². The smallest absolute Gasteiger partial charge is 0.258 e. The molecule has 7 nitrogen and oxygen atoms in total. The van der Waals surface area contributed by atoms with Gasteiger partial charge in [0.05, 0.1) is 10.5 Å². The zero-order valence-corrected chi connectivity index (χ0v) is 17.6. The van der Waals surface area contributed by atoms with Crippen molar-refractivity contribution in [2.75, 3.05) is 32.5 Å². The van der Waals surface area contributed by atoms with Crippen LogP contribution < -0.4 is 5.32 Å². The summed E-state index contributed by atoms with van der Waals surface area (Å²) in [6.07, 6.45) is 0. The quantitative estimate of drug-likeness (QED) is 0.745. The number of nitrogens with zero attached hydrogens (tertiary/aromatic N) is 2. The molecule has 0 fully saturated rings. The molecule has 0 bridgehead atoms. The van der Waals surface area contributed by atoms with Crippen LogP contribution >= 0.6 is 0 Å². The lowest BCUT2D eigenvalue weighted by Gasteiger charge is -2.19. The van der Waals surface area contributed by atoms with E-state index >= 15 is 0 Å². The van der Waals surface area contributed by atoms with Gasteiger partial charge in [-0.3, -0.25) is 9.59 Å². The van der Waals surface area contributed by atoms with Crippen LogP contribution in [0.25, 0.3) is 0 Å². The second-order valence-corrected chi connectivity index (χ2v) is 8.40. The Morgan fingerprint density at radius 3 is 2.28 bits per heavy atom. The van der Waals surface area contributed by atoms with E-state index in [4.69, 9.17) is 0 Å². The normalized spacial score (nSPS) is 11.4. The molecule has 2 rings (SSSR count). The molecular weight excluding hydrogens is 397 g/mol. The number of hydrogen-bond donors (Lipinski definition) is 1. The molecule has 0 aliphatic carbocycles. The van der Waals surface area contributed by atoms with Gasteiger partial charge in [-0.25, -0.2) is 12.8 Å². The van der Waals surface area contributed by atoms with E-state index in [0.29, 0.717) is 11.3 Å². The highest BCUT2D eigenvalue weighted by molar-refractivity contribution is 7.89. The summed E-state index contributed by atoms with van der Waals surface area (Å²) in [6.45, 7) is 3.90. The fourth-order valence-electron chi connectivity index (χ4n) is 2.74. The Hall–Kier alpha value is -2.78. The number of nitrogens with one attached hydrogen (secondary N) is 1. The van der Waals surface area contributed by atoms with Gasteiger partial charge in [0.1, 0.15) is 5.82 Å². The van der Waals surface area contributed by atoms with Crippen molar-refractivity contribution >= 4 is 27.5 Å². The van der Waals surface area contributed by atoms with Gasteiger partial charge in [0.15, 0.2) is 0 Å². The molecule has 0 unspecified atom stereocenters. The SMILES string of the molecule is CCN(CC)S(=O)(=O)c1ccc(F)c(C(=O)Nc2cccc(C(=O)N(C)C)c2)c1. The number of hydrogen-bond acceptors (Lipinski definition) is 4. The fraction of sp³-hybridized carbons (Fsp3) is 0.300. The first-order chi connectivity index (χ1) is 13.6. The summed E-state index contributed by atoms with van der Waals surface area (Å²) < 4.78 is 40.8. The molecule has 0 aliphatic rings. The molecule has 0 aliphatic heterocycles. The number of amides is 2. The lowest BCUT2D eigenvalue weighted by Crippen LogP contribution is -2.31. The van der Waals surface area contributed by atoms with Gasteiger partial charge in [-0.1, -0.05) is 19.9 Å². The minimum atomic E-state index is -3.84. The van der Waals surface area contributed by atoms with E-state index < -0.39 is 27.3 Å². The monoisotopic (exact) mass is 421 g/mol. The lowest BCUT2D eigenvalue weighted by atomic mass is 10.1. The molecule has 2 amide bonds. The standard InChI is InChI=1S/C20H24FN3O4S/c1-5-24(6-2)29(27,28)16-10-11-18(21)17(13-16)19(25)22-15-9-7-8-14(12-15)20(26)23(3)4/h7-13H,5-6H2,1-4H3,(H,22,25). The number of halogens is 1. The minimum absolute atomic E-state index is 0.163. The molecule has 29 heavy (non-hydrogen) atoms. The maximum Gasteiger partial charge on any atom is 0.258 e. The molecule has 0 saturated carbocycles. The van der Waals surface area contributed by atoms with E-state index in [2.05, 4.69) is 5.32 Å². The number of anilines is 1. The summed E-state index contributed by atoms with van der Waals surface area (Å²) in [5.41, 5.74) is 0.243. The molecule has 0 saturated heterocycles. The fourth-order valence-corrected chi connectivity index (χ4v) is 4.22. The summed E-state index contributed by atoms with van der Waals surface area (Å²) in [6, 6.07) is 9.31. The number of carbonyl (C=O) groups excluding carboxylic acids is 2. The van der Waals surface area contributed by atoms with Gasteiger partial charge in [0, 0.05) is 38.4 Å². The number of sulfonamides is 1. The molecular formula is C20H24FN3O4S. The van der Waals surface area contributed by atoms with Gasteiger partial charge in [0.2, 0.25) is 10.0 Å². The van der Waals surface area contributed by atoms with E-state index in [9.17, 15) is 22.4 Å². The Balaban J connectivity index is 2.35. The van der Waals surface area contributed by atoms with Gasteiger partial charge >= 0.3 is 0 Å². The average molecular weight is 421 g/mol. The summed E-state index contributed by atoms with van der Waals surface area (Å²) in [7, 11) is -0.634. The number of carbonyl (C=O) groups is 2. The summed E-state index contributed by atoms with van der Waals surface area (Å²) in [4.78, 5) is 25.9. The van der Waals surface area contributed by atoms with E-state index in [1.807, 2.05) is 0 Å². The van der Waals surface area contributed by atoms with Crippen molar-refractivity contribution in [3.63, 3.8) is 0 Å². The first-order valence-corrected chi connectivity index (χ1v) is 10.5. The zero-order chi connectivity index (χ0) is 21.8. The van der Waals surface area contributed by atoms with E-state index in [-0.39, 0.29) is 23.9 Å². The van der Waals surface area contributed by atoms with Crippen LogP contribution in [0.1, 0.15) is 34.6 Å². The number of benzene rings is 2. The first-order valence-electron chi connectivity index (χ1n) is 9.04. The predicted molar refractivity (Wildman–Crippen MR) is 109 cm³/mol. The Kier molecular flexibility index (Phi) is 7.10. The van der Waals surface area contributed by atoms with Gasteiger partial charge < -0.3 is 10.2 Å². The van der Waals surface area contributed by atoms with E-state index in [0.717, 1.165) is 18.2 Å². The molecule has 0 aromatic heterocycles. The summed E-state index contributed by atoms with van der Waals surface area (Å²) >= 11 is 0. The molecule has 0 spiro atoms. The summed E-state index contributed by atoms with van der Waals surface area (Å²) in [5, 5.41) is 2.51. The maximum absolute atomic E-state index is 14.3. The Morgan fingerprint density at radius 2 is 1.69 bits per heavy atom. The third-order valence-electron chi connectivity index (χ3n) is 4.30. The molecule has 156 valence electrons. The van der Waals surface area contributed by atoms with Crippen LogP contribution in [0.4, 0.5) is 10.1 Å². The van der Waals surface area contributed by atoms with E-state index in [1.165, 1.54) is 15.3 Å². The predicted octanol–water partition coefficient (Wildman–Crippen LogP) is 2.81. The zero-order valence-electron chi connectivity index (χ0n) is 16.8. The molecule has 2 aromatic rings. The van der Waals surface area contributed by atoms with Crippen LogP contribution in [0.3, 0.4) is 0 Å². The van der Waals surface area contributed by atoms with Crippen molar-refractivity contribution in [3.8, 4) is 0 Å². The van der Waals surface area contributed by atoms with Gasteiger partial charge in [-0.15, -0.1) is 0 Å².